The van der Waals surface area contributed by atoms with Crippen LogP contribution in [-0.2, 0) is 4.79 Å². The van der Waals surface area contributed by atoms with Gasteiger partial charge in [-0.05, 0) is 49.7 Å². The number of rotatable bonds is 6. The molecule has 7 nitrogen and oxygen atoms in total. The number of nitrogens with one attached hydrogen (secondary N) is 1. The molecule has 176 valence electrons. The summed E-state index contributed by atoms with van der Waals surface area (Å²) in [5.74, 6) is -4.16. The number of halogens is 4. The topological polar surface area (TPSA) is 101 Å². The Labute approximate surface area is 185 Å². The van der Waals surface area contributed by atoms with Gasteiger partial charge in [0.2, 0.25) is 5.91 Å². The Morgan fingerprint density at radius 3 is 2.39 bits per heavy atom. The number of hydrogen-bond donors (Lipinski definition) is 3. The Kier molecular flexibility index (Phi) is 6.63. The predicted octanol–water partition coefficient (Wildman–Crippen LogP) is 3.59. The van der Waals surface area contributed by atoms with Gasteiger partial charge in [0.25, 0.3) is 5.91 Å². The van der Waals surface area contributed by atoms with Crippen molar-refractivity contribution >= 4 is 22.7 Å². The molecule has 0 aliphatic rings. The molecule has 0 saturated carbocycles. The highest BCUT2D eigenvalue weighted by molar-refractivity contribution is 6.05. The highest BCUT2D eigenvalue weighted by Gasteiger charge is 2.31. The zero-order valence-electron chi connectivity index (χ0n) is 17.5. The van der Waals surface area contributed by atoms with Gasteiger partial charge in [0.05, 0.1) is 18.0 Å². The van der Waals surface area contributed by atoms with E-state index in [0.29, 0.717) is 5.56 Å². The minimum atomic E-state index is -4.89. The molecule has 11 heteroatoms. The second-order valence-corrected chi connectivity index (χ2v) is 7.27. The van der Waals surface area contributed by atoms with Crippen molar-refractivity contribution < 1.29 is 42.1 Å². The summed E-state index contributed by atoms with van der Waals surface area (Å²) in [5, 5.41) is 21.6. The average Bonchev–Trinajstić information content (AvgIpc) is 3.01. The number of alkyl halides is 3. The number of carbonyl (C=O) groups excluding carboxylic acids is 2. The summed E-state index contributed by atoms with van der Waals surface area (Å²) in [6.07, 6.45) is -4.89. The second-order valence-electron chi connectivity index (χ2n) is 7.27. The Hall–Kier alpha value is -3.60. The number of aromatic hydroxyl groups is 1. The molecule has 1 heterocycles. The summed E-state index contributed by atoms with van der Waals surface area (Å²) >= 11 is 0. The SMILES string of the molecule is Cc1c(C(C)C(=O)NCCO)c2cc(O)c(F)cc2n1C(=O)c1ccc(OC(F)(F)F)cc1. The first-order valence-electron chi connectivity index (χ1n) is 9.77. The quantitative estimate of drug-likeness (QED) is 0.480. The third-order valence-electron chi connectivity index (χ3n) is 5.10. The van der Waals surface area contributed by atoms with Crippen LogP contribution in [0.4, 0.5) is 17.6 Å². The van der Waals surface area contributed by atoms with Crippen molar-refractivity contribution in [2.24, 2.45) is 0 Å². The van der Waals surface area contributed by atoms with Crippen LogP contribution in [0.3, 0.4) is 0 Å². The molecule has 2 aromatic carbocycles. The molecule has 1 amide bonds. The summed E-state index contributed by atoms with van der Waals surface area (Å²) < 4.78 is 56.3. The van der Waals surface area contributed by atoms with Gasteiger partial charge in [-0.15, -0.1) is 13.2 Å². The van der Waals surface area contributed by atoms with Crippen molar-refractivity contribution in [1.29, 1.82) is 0 Å². The summed E-state index contributed by atoms with van der Waals surface area (Å²) in [6.45, 7) is 2.80. The molecule has 3 N–H and O–H groups in total. The van der Waals surface area contributed by atoms with Gasteiger partial charge in [-0.25, -0.2) is 4.39 Å². The molecule has 1 unspecified atom stereocenters. The number of ether oxygens (including phenoxy) is 1. The van der Waals surface area contributed by atoms with Crippen molar-refractivity contribution in [3.8, 4) is 11.5 Å². The largest absolute Gasteiger partial charge is 0.573 e. The number of aliphatic hydroxyl groups is 1. The Balaban J connectivity index is 2.11. The summed E-state index contributed by atoms with van der Waals surface area (Å²) in [4.78, 5) is 25.7. The molecule has 0 saturated heterocycles. The maximum atomic E-state index is 14.2. The van der Waals surface area contributed by atoms with E-state index < -0.39 is 41.4 Å². The molecular weight excluding hydrogens is 448 g/mol. The highest BCUT2D eigenvalue weighted by Crippen LogP contribution is 2.36. The van der Waals surface area contributed by atoms with Gasteiger partial charge < -0.3 is 20.3 Å². The number of nitrogens with zero attached hydrogens (tertiary/aromatic N) is 1. The number of phenols is 1. The fraction of sp³-hybridized carbons (Fsp3) is 0.273. The summed E-state index contributed by atoms with van der Waals surface area (Å²) in [6, 6.07) is 6.25. The minimum absolute atomic E-state index is 0.00597. The van der Waals surface area contributed by atoms with E-state index in [1.807, 2.05) is 0 Å². The lowest BCUT2D eigenvalue weighted by atomic mass is 9.97. The van der Waals surface area contributed by atoms with E-state index in [1.165, 1.54) is 6.92 Å². The van der Waals surface area contributed by atoms with Gasteiger partial charge >= 0.3 is 6.36 Å². The van der Waals surface area contributed by atoms with E-state index >= 15 is 0 Å². The van der Waals surface area contributed by atoms with E-state index in [1.54, 1.807) is 6.92 Å². The molecule has 1 aromatic heterocycles. The Bertz CT molecular complexity index is 1200. The molecule has 1 atom stereocenters. The number of carbonyl (C=O) groups is 2. The van der Waals surface area contributed by atoms with Gasteiger partial charge in [-0.3, -0.25) is 14.2 Å². The normalized spacial score (nSPS) is 12.6. The van der Waals surface area contributed by atoms with Crippen LogP contribution in [0.5, 0.6) is 11.5 Å². The molecular formula is C22H20F4N2O5. The maximum absolute atomic E-state index is 14.2. The molecule has 0 bridgehead atoms. The molecule has 0 radical (unpaired) electrons. The summed E-state index contributed by atoms with van der Waals surface area (Å²) in [7, 11) is 0. The van der Waals surface area contributed by atoms with Crippen LogP contribution >= 0.6 is 0 Å². The molecule has 0 aliphatic carbocycles. The van der Waals surface area contributed by atoms with Crippen LogP contribution in [0.25, 0.3) is 10.9 Å². The number of phenolic OH excluding ortho intramolecular Hbond substituents is 1. The number of hydrogen-bond acceptors (Lipinski definition) is 5. The van der Waals surface area contributed by atoms with Crippen LogP contribution in [0.15, 0.2) is 36.4 Å². The standard InChI is InChI=1S/C22H20F4N2O5/c1-11(20(31)27-7-8-29)19-12(2)28(17-10-16(23)18(30)9-15(17)19)21(32)13-3-5-14(6-4-13)33-22(24,25)26/h3-6,9-11,29-30H,7-8H2,1-2H3,(H,27,31). The lowest BCUT2D eigenvalue weighted by Gasteiger charge is -2.13. The van der Waals surface area contributed by atoms with Gasteiger partial charge in [-0.1, -0.05) is 0 Å². The van der Waals surface area contributed by atoms with Crippen molar-refractivity contribution in [2.45, 2.75) is 26.1 Å². The van der Waals surface area contributed by atoms with Crippen LogP contribution in [0, 0.1) is 12.7 Å². The Morgan fingerprint density at radius 1 is 1.18 bits per heavy atom. The van der Waals surface area contributed by atoms with Crippen LogP contribution in [0.1, 0.15) is 34.5 Å². The van der Waals surface area contributed by atoms with Crippen molar-refractivity contribution in [2.75, 3.05) is 13.2 Å². The molecule has 0 fully saturated rings. The first-order valence-corrected chi connectivity index (χ1v) is 9.77. The van der Waals surface area contributed by atoms with Gasteiger partial charge in [0.1, 0.15) is 5.75 Å². The number of aromatic nitrogens is 1. The lowest BCUT2D eigenvalue weighted by molar-refractivity contribution is -0.274. The predicted molar refractivity (Wildman–Crippen MR) is 110 cm³/mol. The van der Waals surface area contributed by atoms with Gasteiger partial charge in [-0.2, -0.15) is 0 Å². The van der Waals surface area contributed by atoms with E-state index in [2.05, 4.69) is 10.1 Å². The molecule has 3 rings (SSSR count). The van der Waals surface area contributed by atoms with Crippen molar-refractivity contribution in [3.63, 3.8) is 0 Å². The first kappa shape index (κ1) is 24.1. The molecule has 0 aliphatic heterocycles. The highest BCUT2D eigenvalue weighted by atomic mass is 19.4. The van der Waals surface area contributed by atoms with Crippen molar-refractivity contribution in [3.05, 3.63) is 59.0 Å². The molecule has 33 heavy (non-hydrogen) atoms. The van der Waals surface area contributed by atoms with E-state index in [4.69, 9.17) is 5.11 Å². The van der Waals surface area contributed by atoms with Crippen LogP contribution in [-0.4, -0.2) is 46.1 Å². The van der Waals surface area contributed by atoms with Crippen LogP contribution < -0.4 is 10.1 Å². The Morgan fingerprint density at radius 2 is 1.82 bits per heavy atom. The monoisotopic (exact) mass is 468 g/mol. The van der Waals surface area contributed by atoms with Crippen molar-refractivity contribution in [1.82, 2.24) is 9.88 Å². The lowest BCUT2D eigenvalue weighted by Crippen LogP contribution is -2.30. The fourth-order valence-electron chi connectivity index (χ4n) is 3.65. The number of amides is 1. The summed E-state index contributed by atoms with van der Waals surface area (Å²) in [5.41, 5.74) is 0.686. The zero-order valence-corrected chi connectivity index (χ0v) is 17.5. The fourth-order valence-corrected chi connectivity index (χ4v) is 3.65. The van der Waals surface area contributed by atoms with E-state index in [-0.39, 0.29) is 35.3 Å². The maximum Gasteiger partial charge on any atom is 0.573 e. The second kappa shape index (κ2) is 9.10. The van der Waals surface area contributed by atoms with Gasteiger partial charge in [0.15, 0.2) is 11.6 Å². The molecule has 0 spiro atoms. The third-order valence-corrected chi connectivity index (χ3v) is 5.10. The smallest absolute Gasteiger partial charge is 0.505 e. The minimum Gasteiger partial charge on any atom is -0.505 e. The van der Waals surface area contributed by atoms with E-state index in [0.717, 1.165) is 41.0 Å². The third kappa shape index (κ3) is 4.92. The number of benzene rings is 2. The zero-order chi connectivity index (χ0) is 24.5. The first-order chi connectivity index (χ1) is 15.4. The van der Waals surface area contributed by atoms with E-state index in [9.17, 15) is 32.3 Å². The van der Waals surface area contributed by atoms with Gasteiger partial charge in [0, 0.05) is 29.3 Å². The number of fused-ring (bicyclic) bond motifs is 1. The average molecular weight is 468 g/mol. The number of aliphatic hydroxyl groups excluding tert-OH is 1. The van der Waals surface area contributed by atoms with Crippen LogP contribution in [0.2, 0.25) is 0 Å². The molecule has 3 aromatic rings.